The van der Waals surface area contributed by atoms with E-state index in [2.05, 4.69) is 5.32 Å². The van der Waals surface area contributed by atoms with E-state index >= 15 is 0 Å². The molecule has 2 rings (SSSR count). The molecule has 2 N–H and O–H groups in total. The summed E-state index contributed by atoms with van der Waals surface area (Å²) < 4.78 is 14.0. The topological polar surface area (TPSA) is 49.3 Å². The van der Waals surface area contributed by atoms with Crippen LogP contribution in [0.2, 0.25) is 0 Å². The van der Waals surface area contributed by atoms with Gasteiger partial charge in [0.25, 0.3) is 0 Å². The first-order valence-corrected chi connectivity index (χ1v) is 6.31. The molecule has 0 aliphatic carbocycles. The number of aryl methyl sites for hydroxylation is 2. The second-order valence-electron chi connectivity index (χ2n) is 4.78. The Balaban J connectivity index is 2.28. The third kappa shape index (κ3) is 3.15. The minimum absolute atomic E-state index is 0.180. The van der Waals surface area contributed by atoms with Crippen molar-refractivity contribution in [1.82, 2.24) is 0 Å². The quantitative estimate of drug-likeness (QED) is 0.890. The Hall–Kier alpha value is -2.36. The molecule has 0 spiro atoms. The highest BCUT2D eigenvalue weighted by Crippen LogP contribution is 2.26. The first-order chi connectivity index (χ1) is 9.47. The van der Waals surface area contributed by atoms with Crippen LogP contribution >= 0.6 is 0 Å². The van der Waals surface area contributed by atoms with Gasteiger partial charge in [-0.1, -0.05) is 24.3 Å². The summed E-state index contributed by atoms with van der Waals surface area (Å²) in [6.45, 7) is 3.90. The van der Waals surface area contributed by atoms with Crippen LogP contribution in [0.25, 0.3) is 0 Å². The average molecular weight is 273 g/mol. The zero-order valence-corrected chi connectivity index (χ0v) is 11.4. The van der Waals surface area contributed by atoms with E-state index in [1.165, 1.54) is 6.07 Å². The summed E-state index contributed by atoms with van der Waals surface area (Å²) in [4.78, 5) is 10.6. The van der Waals surface area contributed by atoms with Crippen molar-refractivity contribution in [3.8, 4) is 0 Å². The largest absolute Gasteiger partial charge is 0.481 e. The summed E-state index contributed by atoms with van der Waals surface area (Å²) in [7, 11) is 0. The number of nitrogens with one attached hydrogen (secondary N) is 1. The maximum Gasteiger partial charge on any atom is 0.307 e. The van der Waals surface area contributed by atoms with Crippen LogP contribution < -0.4 is 5.32 Å². The van der Waals surface area contributed by atoms with Crippen LogP contribution in [-0.4, -0.2) is 11.1 Å². The molecule has 0 aromatic heterocycles. The van der Waals surface area contributed by atoms with E-state index in [1.54, 1.807) is 12.1 Å². The number of anilines is 2. The maximum absolute atomic E-state index is 14.0. The minimum Gasteiger partial charge on any atom is -0.481 e. The maximum atomic E-state index is 14.0. The van der Waals surface area contributed by atoms with Crippen molar-refractivity contribution in [3.05, 3.63) is 58.9 Å². The molecule has 3 nitrogen and oxygen atoms in total. The lowest BCUT2D eigenvalue weighted by molar-refractivity contribution is -0.136. The number of carboxylic acids is 1. The summed E-state index contributed by atoms with van der Waals surface area (Å²) in [5.41, 5.74) is 3.72. The smallest absolute Gasteiger partial charge is 0.307 e. The predicted molar refractivity (Wildman–Crippen MR) is 76.9 cm³/mol. The number of para-hydroxylation sites is 1. The molecule has 0 unspecified atom stereocenters. The number of carbonyl (C=O) groups is 1. The van der Waals surface area contributed by atoms with E-state index in [4.69, 9.17) is 5.11 Å². The van der Waals surface area contributed by atoms with Gasteiger partial charge in [-0.25, -0.2) is 4.39 Å². The van der Waals surface area contributed by atoms with Gasteiger partial charge in [0.2, 0.25) is 0 Å². The zero-order valence-electron chi connectivity index (χ0n) is 11.4. The van der Waals surface area contributed by atoms with Crippen LogP contribution in [0.15, 0.2) is 36.4 Å². The molecular weight excluding hydrogens is 257 g/mol. The number of aliphatic carboxylic acids is 1. The number of halogens is 1. The highest BCUT2D eigenvalue weighted by molar-refractivity contribution is 5.71. The van der Waals surface area contributed by atoms with Gasteiger partial charge in [-0.3, -0.25) is 4.79 Å². The normalized spacial score (nSPS) is 10.3. The van der Waals surface area contributed by atoms with Gasteiger partial charge >= 0.3 is 5.97 Å². The Morgan fingerprint density at radius 2 is 1.85 bits per heavy atom. The second-order valence-corrected chi connectivity index (χ2v) is 4.78. The van der Waals surface area contributed by atoms with Crippen molar-refractivity contribution < 1.29 is 14.3 Å². The van der Waals surface area contributed by atoms with E-state index in [9.17, 15) is 9.18 Å². The van der Waals surface area contributed by atoms with Crippen LogP contribution in [0.1, 0.15) is 16.7 Å². The summed E-state index contributed by atoms with van der Waals surface area (Å²) in [5.74, 6) is -1.42. The third-order valence-corrected chi connectivity index (χ3v) is 3.13. The molecule has 2 aromatic carbocycles. The fraction of sp³-hybridized carbons (Fsp3) is 0.188. The summed E-state index contributed by atoms with van der Waals surface area (Å²) in [6.07, 6.45) is -0.180. The van der Waals surface area contributed by atoms with Crippen LogP contribution in [-0.2, 0) is 11.2 Å². The molecule has 0 saturated carbocycles. The predicted octanol–water partition coefficient (Wildman–Crippen LogP) is 3.81. The zero-order chi connectivity index (χ0) is 14.7. The van der Waals surface area contributed by atoms with Gasteiger partial charge in [-0.05, 0) is 42.7 Å². The third-order valence-electron chi connectivity index (χ3n) is 3.13. The van der Waals surface area contributed by atoms with Crippen molar-refractivity contribution in [2.75, 3.05) is 5.32 Å². The van der Waals surface area contributed by atoms with Crippen LogP contribution in [0.5, 0.6) is 0 Å². The Morgan fingerprint density at radius 3 is 2.40 bits per heavy atom. The molecule has 0 bridgehead atoms. The molecule has 0 heterocycles. The van der Waals surface area contributed by atoms with Gasteiger partial charge < -0.3 is 10.4 Å². The molecule has 0 fully saturated rings. The lowest BCUT2D eigenvalue weighted by Crippen LogP contribution is -2.02. The van der Waals surface area contributed by atoms with Gasteiger partial charge in [0, 0.05) is 5.69 Å². The highest BCUT2D eigenvalue weighted by Gasteiger charge is 2.09. The summed E-state index contributed by atoms with van der Waals surface area (Å²) in [6, 6.07) is 10.3. The molecule has 4 heteroatoms. The SMILES string of the molecule is Cc1cccc(C)c1Nc1ccc(CC(=O)O)cc1F. The van der Waals surface area contributed by atoms with Gasteiger partial charge in [0.05, 0.1) is 12.1 Å². The standard InChI is InChI=1S/C16H16FNO2/c1-10-4-3-5-11(2)16(10)18-14-7-6-12(8-13(14)17)9-15(19)20/h3-8,18H,9H2,1-2H3,(H,19,20). The van der Waals surface area contributed by atoms with E-state index < -0.39 is 11.8 Å². The number of rotatable bonds is 4. The van der Waals surface area contributed by atoms with Crippen molar-refractivity contribution in [2.24, 2.45) is 0 Å². The molecule has 0 radical (unpaired) electrons. The molecule has 0 aliphatic rings. The molecule has 0 amide bonds. The van der Waals surface area contributed by atoms with E-state index in [1.807, 2.05) is 32.0 Å². The summed E-state index contributed by atoms with van der Waals surface area (Å²) in [5, 5.41) is 11.8. The number of benzene rings is 2. The monoisotopic (exact) mass is 273 g/mol. The Morgan fingerprint density at radius 1 is 1.20 bits per heavy atom. The Labute approximate surface area is 117 Å². The van der Waals surface area contributed by atoms with Crippen molar-refractivity contribution in [3.63, 3.8) is 0 Å². The fourth-order valence-corrected chi connectivity index (χ4v) is 2.09. The molecular formula is C16H16FNO2. The molecule has 0 aliphatic heterocycles. The fourth-order valence-electron chi connectivity index (χ4n) is 2.09. The number of carboxylic acid groups (broad SMARTS) is 1. The van der Waals surface area contributed by atoms with Crippen molar-refractivity contribution >= 4 is 17.3 Å². The second kappa shape index (κ2) is 5.74. The highest BCUT2D eigenvalue weighted by atomic mass is 19.1. The Kier molecular flexibility index (Phi) is 4.03. The van der Waals surface area contributed by atoms with E-state index in [0.717, 1.165) is 16.8 Å². The average Bonchev–Trinajstić information content (AvgIpc) is 2.35. The molecule has 20 heavy (non-hydrogen) atoms. The van der Waals surface area contributed by atoms with Gasteiger partial charge in [0.1, 0.15) is 5.82 Å². The van der Waals surface area contributed by atoms with Crippen LogP contribution in [0.3, 0.4) is 0 Å². The van der Waals surface area contributed by atoms with Gasteiger partial charge in [-0.15, -0.1) is 0 Å². The molecule has 0 atom stereocenters. The summed E-state index contributed by atoms with van der Waals surface area (Å²) >= 11 is 0. The lowest BCUT2D eigenvalue weighted by Gasteiger charge is -2.13. The van der Waals surface area contributed by atoms with Crippen molar-refractivity contribution in [2.45, 2.75) is 20.3 Å². The number of hydrogen-bond donors (Lipinski definition) is 2. The molecule has 104 valence electrons. The van der Waals surface area contributed by atoms with Crippen molar-refractivity contribution in [1.29, 1.82) is 0 Å². The van der Waals surface area contributed by atoms with Crippen LogP contribution in [0, 0.1) is 19.7 Å². The Bertz CT molecular complexity index is 633. The van der Waals surface area contributed by atoms with Gasteiger partial charge in [0.15, 0.2) is 0 Å². The molecule has 0 saturated heterocycles. The van der Waals surface area contributed by atoms with E-state index in [0.29, 0.717) is 11.3 Å². The van der Waals surface area contributed by atoms with Crippen LogP contribution in [0.4, 0.5) is 15.8 Å². The number of hydrogen-bond acceptors (Lipinski definition) is 2. The lowest BCUT2D eigenvalue weighted by atomic mass is 10.1. The van der Waals surface area contributed by atoms with Gasteiger partial charge in [-0.2, -0.15) is 0 Å². The minimum atomic E-state index is -0.972. The van der Waals surface area contributed by atoms with E-state index in [-0.39, 0.29) is 6.42 Å². The molecule has 2 aromatic rings. The first kappa shape index (κ1) is 14.1. The first-order valence-electron chi connectivity index (χ1n) is 6.31.